The van der Waals surface area contributed by atoms with Gasteiger partial charge in [0.1, 0.15) is 0 Å². The maximum absolute atomic E-state index is 12.5. The molecule has 1 amide bonds. The highest BCUT2D eigenvalue weighted by molar-refractivity contribution is 6.08. The second-order valence-electron chi connectivity index (χ2n) is 6.67. The van der Waals surface area contributed by atoms with Crippen molar-refractivity contribution < 1.29 is 24.0 Å². The van der Waals surface area contributed by atoms with Crippen LogP contribution in [0.25, 0.3) is 0 Å². The van der Waals surface area contributed by atoms with Crippen LogP contribution in [-0.4, -0.2) is 29.2 Å². The van der Waals surface area contributed by atoms with Crippen LogP contribution >= 0.6 is 0 Å². The Hall–Kier alpha value is -4.33. The summed E-state index contributed by atoms with van der Waals surface area (Å²) in [5.74, 6) is -1.66. The third kappa shape index (κ3) is 5.39. The van der Waals surface area contributed by atoms with Gasteiger partial charge in [-0.2, -0.15) is 0 Å². The number of nitro groups is 1. The van der Waals surface area contributed by atoms with Crippen molar-refractivity contribution in [2.75, 3.05) is 11.9 Å². The second-order valence-corrected chi connectivity index (χ2v) is 6.67. The number of para-hydroxylation sites is 1. The van der Waals surface area contributed by atoms with Crippen LogP contribution in [0.2, 0.25) is 0 Å². The number of carbonyl (C=O) groups is 3. The van der Waals surface area contributed by atoms with E-state index >= 15 is 0 Å². The summed E-state index contributed by atoms with van der Waals surface area (Å²) in [5, 5.41) is 13.3. The number of benzene rings is 3. The first-order valence-corrected chi connectivity index (χ1v) is 9.27. The summed E-state index contributed by atoms with van der Waals surface area (Å²) < 4.78 is 5.13. The van der Waals surface area contributed by atoms with Gasteiger partial charge in [-0.15, -0.1) is 0 Å². The first-order chi connectivity index (χ1) is 14.8. The van der Waals surface area contributed by atoms with Gasteiger partial charge in [-0.3, -0.25) is 19.7 Å². The molecule has 8 heteroatoms. The Bertz CT molecular complexity index is 1140. The lowest BCUT2D eigenvalue weighted by atomic mass is 10.1. The first kappa shape index (κ1) is 21.4. The molecule has 0 atom stereocenters. The predicted octanol–water partition coefficient (Wildman–Crippen LogP) is 4.20. The molecule has 1 N–H and O–H groups in total. The Morgan fingerprint density at radius 3 is 2.16 bits per heavy atom. The van der Waals surface area contributed by atoms with E-state index in [4.69, 9.17) is 4.74 Å². The SMILES string of the molecule is Cc1ccc(C(=O)COC(=O)c2ccccc2NC(=O)c2ccc([N+](=O)[O-])cc2)cc1. The second kappa shape index (κ2) is 9.45. The van der Waals surface area contributed by atoms with Crippen LogP contribution < -0.4 is 5.32 Å². The fourth-order valence-corrected chi connectivity index (χ4v) is 2.73. The number of nitrogens with one attached hydrogen (secondary N) is 1. The molecule has 0 radical (unpaired) electrons. The molecule has 0 unspecified atom stereocenters. The summed E-state index contributed by atoms with van der Waals surface area (Å²) in [7, 11) is 0. The van der Waals surface area contributed by atoms with Crippen molar-refractivity contribution in [3.05, 3.63) is 105 Å². The molecule has 0 saturated heterocycles. The topological polar surface area (TPSA) is 116 Å². The van der Waals surface area contributed by atoms with Gasteiger partial charge in [0.15, 0.2) is 12.4 Å². The summed E-state index contributed by atoms with van der Waals surface area (Å²) in [6.07, 6.45) is 0. The van der Waals surface area contributed by atoms with Crippen LogP contribution in [0.15, 0.2) is 72.8 Å². The van der Waals surface area contributed by atoms with Crippen molar-refractivity contribution in [1.82, 2.24) is 0 Å². The zero-order valence-corrected chi connectivity index (χ0v) is 16.5. The van der Waals surface area contributed by atoms with Gasteiger partial charge in [-0.1, -0.05) is 42.0 Å². The number of aryl methyl sites for hydroxylation is 1. The fraction of sp³-hybridized carbons (Fsp3) is 0.0870. The van der Waals surface area contributed by atoms with Crippen LogP contribution in [0, 0.1) is 17.0 Å². The van der Waals surface area contributed by atoms with Crippen LogP contribution in [0.4, 0.5) is 11.4 Å². The highest BCUT2D eigenvalue weighted by Gasteiger charge is 2.17. The first-order valence-electron chi connectivity index (χ1n) is 9.27. The molecule has 156 valence electrons. The monoisotopic (exact) mass is 418 g/mol. The van der Waals surface area contributed by atoms with Crippen LogP contribution in [0.3, 0.4) is 0 Å². The lowest BCUT2D eigenvalue weighted by Crippen LogP contribution is -2.18. The molecule has 0 spiro atoms. The van der Waals surface area contributed by atoms with E-state index in [1.807, 2.05) is 6.92 Å². The third-order valence-electron chi connectivity index (χ3n) is 4.44. The van der Waals surface area contributed by atoms with E-state index < -0.39 is 23.4 Å². The van der Waals surface area contributed by atoms with Crippen molar-refractivity contribution in [3.63, 3.8) is 0 Å². The minimum Gasteiger partial charge on any atom is -0.454 e. The summed E-state index contributed by atoms with van der Waals surface area (Å²) in [6.45, 7) is 1.46. The standard InChI is InChI=1S/C23H18N2O6/c1-15-6-8-16(9-7-15)21(26)14-31-23(28)19-4-2-3-5-20(19)24-22(27)17-10-12-18(13-11-17)25(29)30/h2-13H,14H2,1H3,(H,24,27). The molecule has 3 aromatic carbocycles. The smallest absolute Gasteiger partial charge is 0.340 e. The number of nitro benzene ring substituents is 1. The van der Waals surface area contributed by atoms with Crippen LogP contribution in [0.1, 0.15) is 36.6 Å². The van der Waals surface area contributed by atoms with E-state index in [2.05, 4.69) is 5.32 Å². The molecular weight excluding hydrogens is 400 g/mol. The molecule has 8 nitrogen and oxygen atoms in total. The molecule has 0 bridgehead atoms. The van der Waals surface area contributed by atoms with Crippen molar-refractivity contribution in [2.24, 2.45) is 0 Å². The van der Waals surface area contributed by atoms with Gasteiger partial charge in [0.05, 0.1) is 16.2 Å². The number of ether oxygens (including phenoxy) is 1. The van der Waals surface area contributed by atoms with Crippen molar-refractivity contribution >= 4 is 29.0 Å². The number of hydrogen-bond donors (Lipinski definition) is 1. The number of ketones is 1. The molecule has 3 rings (SSSR count). The molecule has 0 aliphatic carbocycles. The number of nitrogens with zero attached hydrogens (tertiary/aromatic N) is 1. The number of anilines is 1. The quantitative estimate of drug-likeness (QED) is 0.266. The molecule has 0 heterocycles. The van der Waals surface area contributed by atoms with Gasteiger partial charge in [0, 0.05) is 23.3 Å². The number of rotatable bonds is 7. The fourth-order valence-electron chi connectivity index (χ4n) is 2.73. The molecule has 0 saturated carbocycles. The average Bonchev–Trinajstić information content (AvgIpc) is 2.78. The van der Waals surface area contributed by atoms with Gasteiger partial charge < -0.3 is 10.1 Å². The predicted molar refractivity (Wildman–Crippen MR) is 113 cm³/mol. The average molecular weight is 418 g/mol. The highest BCUT2D eigenvalue weighted by atomic mass is 16.6. The van der Waals surface area contributed by atoms with E-state index in [1.54, 1.807) is 36.4 Å². The lowest BCUT2D eigenvalue weighted by molar-refractivity contribution is -0.384. The summed E-state index contributed by atoms with van der Waals surface area (Å²) >= 11 is 0. The largest absolute Gasteiger partial charge is 0.454 e. The molecule has 0 aliphatic heterocycles. The number of Topliss-reactive ketones (excluding diaryl/α,β-unsaturated/α-hetero) is 1. The molecule has 31 heavy (non-hydrogen) atoms. The van der Waals surface area contributed by atoms with E-state index in [0.29, 0.717) is 5.56 Å². The summed E-state index contributed by atoms with van der Waals surface area (Å²) in [6, 6.07) is 18.1. The van der Waals surface area contributed by atoms with Crippen LogP contribution in [-0.2, 0) is 4.74 Å². The molecule has 0 aromatic heterocycles. The Morgan fingerprint density at radius 1 is 0.903 bits per heavy atom. The third-order valence-corrected chi connectivity index (χ3v) is 4.44. The highest BCUT2D eigenvalue weighted by Crippen LogP contribution is 2.19. The number of carbonyl (C=O) groups excluding carboxylic acids is 3. The zero-order valence-electron chi connectivity index (χ0n) is 16.5. The van der Waals surface area contributed by atoms with Gasteiger partial charge in [-0.25, -0.2) is 4.79 Å². The van der Waals surface area contributed by atoms with Gasteiger partial charge >= 0.3 is 5.97 Å². The zero-order chi connectivity index (χ0) is 22.4. The normalized spacial score (nSPS) is 10.2. The molecule has 3 aromatic rings. The van der Waals surface area contributed by atoms with E-state index in [-0.39, 0.29) is 28.3 Å². The van der Waals surface area contributed by atoms with Gasteiger partial charge in [0.25, 0.3) is 11.6 Å². The van der Waals surface area contributed by atoms with Gasteiger partial charge in [-0.05, 0) is 31.2 Å². The van der Waals surface area contributed by atoms with Crippen molar-refractivity contribution in [2.45, 2.75) is 6.92 Å². The summed E-state index contributed by atoms with van der Waals surface area (Å²) in [4.78, 5) is 47.3. The van der Waals surface area contributed by atoms with Crippen LogP contribution in [0.5, 0.6) is 0 Å². The Kier molecular flexibility index (Phi) is 6.51. The number of amides is 1. The summed E-state index contributed by atoms with van der Waals surface area (Å²) in [5.41, 5.74) is 1.75. The number of esters is 1. The van der Waals surface area contributed by atoms with Gasteiger partial charge in [0.2, 0.25) is 0 Å². The van der Waals surface area contributed by atoms with E-state index in [9.17, 15) is 24.5 Å². The number of hydrogen-bond acceptors (Lipinski definition) is 6. The molecule has 0 aliphatic rings. The Balaban J connectivity index is 1.68. The maximum Gasteiger partial charge on any atom is 0.340 e. The van der Waals surface area contributed by atoms with E-state index in [0.717, 1.165) is 5.56 Å². The number of non-ortho nitro benzene ring substituents is 1. The lowest BCUT2D eigenvalue weighted by Gasteiger charge is -2.11. The Labute approximate surface area is 177 Å². The molecule has 0 fully saturated rings. The Morgan fingerprint density at radius 2 is 1.52 bits per heavy atom. The minimum absolute atomic E-state index is 0.0782. The minimum atomic E-state index is -0.764. The van der Waals surface area contributed by atoms with Crippen molar-refractivity contribution in [1.29, 1.82) is 0 Å². The maximum atomic E-state index is 12.5. The van der Waals surface area contributed by atoms with Crippen molar-refractivity contribution in [3.8, 4) is 0 Å². The molecular formula is C23H18N2O6. The van der Waals surface area contributed by atoms with E-state index in [1.165, 1.54) is 36.4 Å².